The van der Waals surface area contributed by atoms with E-state index in [1.807, 2.05) is 20.8 Å². The van der Waals surface area contributed by atoms with E-state index in [-0.39, 0.29) is 34.0 Å². The van der Waals surface area contributed by atoms with Crippen LogP contribution >= 0.6 is 12.2 Å². The van der Waals surface area contributed by atoms with Crippen LogP contribution in [0.1, 0.15) is 38.3 Å². The molecule has 0 saturated heterocycles. The van der Waals surface area contributed by atoms with Gasteiger partial charge >= 0.3 is 6.18 Å². The number of anilines is 1. The predicted molar refractivity (Wildman–Crippen MR) is 80.0 cm³/mol. The zero-order chi connectivity index (χ0) is 16.4. The number of carbonyl (C=O) groups excluding carboxylic acids is 1. The molecule has 21 heavy (non-hydrogen) atoms. The Hall–Kier alpha value is -1.63. The van der Waals surface area contributed by atoms with Crippen LogP contribution < -0.4 is 11.1 Å². The second-order valence-electron chi connectivity index (χ2n) is 5.91. The van der Waals surface area contributed by atoms with E-state index in [2.05, 4.69) is 17.5 Å². The second-order valence-corrected chi connectivity index (χ2v) is 6.35. The van der Waals surface area contributed by atoms with E-state index in [0.29, 0.717) is 0 Å². The summed E-state index contributed by atoms with van der Waals surface area (Å²) >= 11 is 4.61. The first-order chi connectivity index (χ1) is 9.40. The molecule has 116 valence electrons. The van der Waals surface area contributed by atoms with Crippen molar-refractivity contribution < 1.29 is 18.0 Å². The van der Waals surface area contributed by atoms with Gasteiger partial charge in [0.15, 0.2) is 0 Å². The molecule has 0 bridgehead atoms. The Morgan fingerprint density at radius 1 is 1.29 bits per heavy atom. The van der Waals surface area contributed by atoms with Gasteiger partial charge in [0.1, 0.15) is 4.99 Å². The van der Waals surface area contributed by atoms with Gasteiger partial charge in [0.25, 0.3) is 0 Å². The number of halogens is 3. The molecule has 0 spiro atoms. The predicted octanol–water partition coefficient (Wildman–Crippen LogP) is 3.71. The fraction of sp³-hybridized carbons (Fsp3) is 0.429. The first kappa shape index (κ1) is 17.4. The number of nitrogens with two attached hydrogens (primary N) is 1. The van der Waals surface area contributed by atoms with E-state index in [9.17, 15) is 18.0 Å². The largest absolute Gasteiger partial charge is 0.417 e. The maximum atomic E-state index is 13.0. The maximum Gasteiger partial charge on any atom is 0.417 e. The summed E-state index contributed by atoms with van der Waals surface area (Å²) in [6, 6.07) is 3.36. The quantitative estimate of drug-likeness (QED) is 0.835. The van der Waals surface area contributed by atoms with Crippen LogP contribution in [0, 0.1) is 5.41 Å². The zero-order valence-corrected chi connectivity index (χ0v) is 12.8. The average Bonchev–Trinajstić information content (AvgIpc) is 2.24. The molecule has 0 aromatic heterocycles. The number of amides is 1. The van der Waals surface area contributed by atoms with E-state index < -0.39 is 11.7 Å². The number of hydrogen-bond acceptors (Lipinski definition) is 2. The van der Waals surface area contributed by atoms with Crippen molar-refractivity contribution in [2.24, 2.45) is 11.1 Å². The van der Waals surface area contributed by atoms with Crippen molar-refractivity contribution in [2.45, 2.75) is 33.4 Å². The van der Waals surface area contributed by atoms with Gasteiger partial charge in [0.2, 0.25) is 5.91 Å². The third-order valence-electron chi connectivity index (χ3n) is 2.57. The molecule has 1 aromatic carbocycles. The van der Waals surface area contributed by atoms with Gasteiger partial charge in [-0.2, -0.15) is 13.2 Å². The van der Waals surface area contributed by atoms with Crippen LogP contribution in [0.4, 0.5) is 18.9 Å². The number of carbonyl (C=O) groups is 1. The Balaban J connectivity index is 3.07. The summed E-state index contributed by atoms with van der Waals surface area (Å²) in [5.74, 6) is -0.348. The van der Waals surface area contributed by atoms with Crippen molar-refractivity contribution in [2.75, 3.05) is 5.32 Å². The molecular weight excluding hydrogens is 301 g/mol. The molecule has 3 N–H and O–H groups in total. The summed E-state index contributed by atoms with van der Waals surface area (Å²) < 4.78 is 38.9. The number of rotatable bonds is 3. The summed E-state index contributed by atoms with van der Waals surface area (Å²) in [6.45, 7) is 5.59. The van der Waals surface area contributed by atoms with E-state index in [0.717, 1.165) is 12.1 Å². The van der Waals surface area contributed by atoms with Gasteiger partial charge < -0.3 is 11.1 Å². The molecule has 1 aromatic rings. The standard InChI is InChI=1S/C14H17F3N2OS/c1-13(2,3)7-11(20)19-8-4-5-9(12(18)21)10(6-8)14(15,16)17/h4-6H,7H2,1-3H3,(H2,18,21)(H,19,20). The number of alkyl halides is 3. The lowest BCUT2D eigenvalue weighted by atomic mass is 9.92. The van der Waals surface area contributed by atoms with Gasteiger partial charge in [-0.1, -0.05) is 33.0 Å². The van der Waals surface area contributed by atoms with Crippen molar-refractivity contribution in [1.82, 2.24) is 0 Å². The molecule has 3 nitrogen and oxygen atoms in total. The topological polar surface area (TPSA) is 55.1 Å². The Morgan fingerprint density at radius 3 is 2.29 bits per heavy atom. The van der Waals surface area contributed by atoms with E-state index >= 15 is 0 Å². The van der Waals surface area contributed by atoms with E-state index in [1.54, 1.807) is 0 Å². The van der Waals surface area contributed by atoms with Crippen LogP contribution in [0.3, 0.4) is 0 Å². The lowest BCUT2D eigenvalue weighted by Gasteiger charge is -2.18. The minimum Gasteiger partial charge on any atom is -0.389 e. The third kappa shape index (κ3) is 5.34. The van der Waals surface area contributed by atoms with Crippen molar-refractivity contribution in [3.63, 3.8) is 0 Å². The lowest BCUT2D eigenvalue weighted by molar-refractivity contribution is -0.137. The van der Waals surface area contributed by atoms with Gasteiger partial charge in [0.05, 0.1) is 5.56 Å². The smallest absolute Gasteiger partial charge is 0.389 e. The first-order valence-electron chi connectivity index (χ1n) is 6.21. The highest BCUT2D eigenvalue weighted by molar-refractivity contribution is 7.80. The van der Waals surface area contributed by atoms with Crippen LogP contribution in [0.15, 0.2) is 18.2 Å². The summed E-state index contributed by atoms with van der Waals surface area (Å²) in [6.07, 6.45) is -4.39. The fourth-order valence-electron chi connectivity index (χ4n) is 1.76. The van der Waals surface area contributed by atoms with Crippen LogP contribution in [0.5, 0.6) is 0 Å². The Morgan fingerprint density at radius 2 is 1.86 bits per heavy atom. The average molecular weight is 318 g/mol. The summed E-state index contributed by atoms with van der Waals surface area (Å²) in [7, 11) is 0. The maximum absolute atomic E-state index is 13.0. The van der Waals surface area contributed by atoms with Gasteiger partial charge in [0, 0.05) is 17.7 Å². The van der Waals surface area contributed by atoms with Crippen molar-refractivity contribution in [3.05, 3.63) is 29.3 Å². The van der Waals surface area contributed by atoms with Gasteiger partial charge in [-0.25, -0.2) is 0 Å². The molecule has 0 heterocycles. The number of nitrogens with one attached hydrogen (secondary N) is 1. The van der Waals surface area contributed by atoms with Crippen LogP contribution in [0.2, 0.25) is 0 Å². The molecule has 0 aliphatic rings. The minimum atomic E-state index is -4.59. The van der Waals surface area contributed by atoms with Crippen LogP contribution in [-0.4, -0.2) is 10.9 Å². The molecule has 0 atom stereocenters. The van der Waals surface area contributed by atoms with Crippen molar-refractivity contribution >= 4 is 28.8 Å². The monoisotopic (exact) mass is 318 g/mol. The zero-order valence-electron chi connectivity index (χ0n) is 12.0. The molecule has 7 heteroatoms. The first-order valence-corrected chi connectivity index (χ1v) is 6.62. The second kappa shape index (κ2) is 6.01. The summed E-state index contributed by atoms with van der Waals surface area (Å²) in [5.41, 5.74) is 3.89. The highest BCUT2D eigenvalue weighted by Crippen LogP contribution is 2.34. The van der Waals surface area contributed by atoms with Crippen molar-refractivity contribution in [3.8, 4) is 0 Å². The van der Waals surface area contributed by atoms with Crippen molar-refractivity contribution in [1.29, 1.82) is 0 Å². The Bertz CT molecular complexity index is 562. The molecule has 1 amide bonds. The van der Waals surface area contributed by atoms with E-state index in [1.165, 1.54) is 6.07 Å². The lowest BCUT2D eigenvalue weighted by Crippen LogP contribution is -2.21. The molecule has 0 radical (unpaired) electrons. The highest BCUT2D eigenvalue weighted by Gasteiger charge is 2.34. The van der Waals surface area contributed by atoms with Crippen LogP contribution in [-0.2, 0) is 11.0 Å². The number of benzene rings is 1. The molecule has 0 saturated carbocycles. The molecule has 0 unspecified atom stereocenters. The van der Waals surface area contributed by atoms with E-state index in [4.69, 9.17) is 5.73 Å². The molecule has 0 aliphatic heterocycles. The minimum absolute atomic E-state index is 0.0663. The van der Waals surface area contributed by atoms with Gasteiger partial charge in [-0.3, -0.25) is 4.79 Å². The fourth-order valence-corrected chi connectivity index (χ4v) is 1.94. The Kier molecular flexibility index (Phi) is 4.99. The highest BCUT2D eigenvalue weighted by atomic mass is 32.1. The molecular formula is C14H17F3N2OS. The summed E-state index contributed by atoms with van der Waals surface area (Å²) in [5, 5.41) is 2.45. The normalized spacial score (nSPS) is 12.1. The summed E-state index contributed by atoms with van der Waals surface area (Å²) in [4.78, 5) is 11.4. The number of hydrogen-bond donors (Lipinski definition) is 2. The van der Waals surface area contributed by atoms with Gasteiger partial charge in [-0.15, -0.1) is 0 Å². The SMILES string of the molecule is CC(C)(C)CC(=O)Nc1ccc(C(N)=S)c(C(F)(F)F)c1. The van der Waals surface area contributed by atoms with Gasteiger partial charge in [-0.05, 0) is 23.6 Å². The Labute approximate surface area is 126 Å². The van der Waals surface area contributed by atoms with Crippen LogP contribution in [0.25, 0.3) is 0 Å². The molecule has 0 aliphatic carbocycles. The number of thiocarbonyl (C=S) groups is 1. The molecule has 0 fully saturated rings. The third-order valence-corrected chi connectivity index (χ3v) is 2.78. The molecule has 1 rings (SSSR count).